The first kappa shape index (κ1) is 9.77. The van der Waals surface area contributed by atoms with Gasteiger partial charge in [-0.25, -0.2) is 4.79 Å². The lowest BCUT2D eigenvalue weighted by atomic mass is 10.2. The highest BCUT2D eigenvalue weighted by atomic mass is 16.4. The molecule has 0 bridgehead atoms. The molecule has 17 heavy (non-hydrogen) atoms. The lowest BCUT2D eigenvalue weighted by Gasteiger charge is -1.97. The highest BCUT2D eigenvalue weighted by Gasteiger charge is 2.15. The summed E-state index contributed by atoms with van der Waals surface area (Å²) in [7, 11) is 1.70. The van der Waals surface area contributed by atoms with E-state index in [0.717, 1.165) is 21.9 Å². The highest BCUT2D eigenvalue weighted by Crippen LogP contribution is 2.29. The number of hydrogen-bond donors (Lipinski definition) is 3. The van der Waals surface area contributed by atoms with Crippen LogP contribution in [-0.4, -0.2) is 25.7 Å². The van der Waals surface area contributed by atoms with Gasteiger partial charge >= 0.3 is 5.97 Å². The van der Waals surface area contributed by atoms with Crippen molar-refractivity contribution in [3.8, 4) is 5.75 Å². The third-order valence-electron chi connectivity index (χ3n) is 3.00. The van der Waals surface area contributed by atoms with Crippen LogP contribution in [-0.2, 0) is 7.05 Å². The maximum absolute atomic E-state index is 11.0. The van der Waals surface area contributed by atoms with Crippen LogP contribution in [0.25, 0.3) is 21.9 Å². The monoisotopic (exact) mass is 230 g/mol. The van der Waals surface area contributed by atoms with E-state index >= 15 is 0 Å². The summed E-state index contributed by atoms with van der Waals surface area (Å²) in [5, 5.41) is 20.2. The summed E-state index contributed by atoms with van der Waals surface area (Å²) in [4.78, 5) is 14.1. The topological polar surface area (TPSA) is 78.2 Å². The van der Waals surface area contributed by atoms with Gasteiger partial charge in [0.15, 0.2) is 0 Å². The highest BCUT2D eigenvalue weighted by molar-refractivity contribution is 6.09. The van der Waals surface area contributed by atoms with Crippen LogP contribution < -0.4 is 0 Å². The van der Waals surface area contributed by atoms with Crippen LogP contribution in [0.2, 0.25) is 0 Å². The van der Waals surface area contributed by atoms with Crippen LogP contribution in [0.3, 0.4) is 0 Å². The molecule has 0 radical (unpaired) electrons. The Labute approximate surface area is 95.9 Å². The summed E-state index contributed by atoms with van der Waals surface area (Å²) in [6, 6.07) is 6.61. The van der Waals surface area contributed by atoms with Crippen LogP contribution in [0.5, 0.6) is 5.75 Å². The molecule has 86 valence electrons. The minimum absolute atomic E-state index is 0.183. The van der Waals surface area contributed by atoms with Crippen molar-refractivity contribution in [1.29, 1.82) is 0 Å². The maximum Gasteiger partial charge on any atom is 0.352 e. The number of H-pyrrole nitrogens is 1. The lowest BCUT2D eigenvalue weighted by molar-refractivity contribution is 0.0687. The minimum Gasteiger partial charge on any atom is -0.508 e. The van der Waals surface area contributed by atoms with Gasteiger partial charge in [-0.1, -0.05) is 0 Å². The molecule has 2 aromatic heterocycles. The van der Waals surface area contributed by atoms with Gasteiger partial charge in [-0.05, 0) is 18.2 Å². The van der Waals surface area contributed by atoms with Crippen molar-refractivity contribution in [2.45, 2.75) is 0 Å². The summed E-state index contributed by atoms with van der Waals surface area (Å²) in [6.45, 7) is 0. The number of aromatic hydroxyl groups is 1. The van der Waals surface area contributed by atoms with E-state index in [1.54, 1.807) is 35.9 Å². The zero-order valence-corrected chi connectivity index (χ0v) is 9.06. The van der Waals surface area contributed by atoms with Crippen LogP contribution in [0.4, 0.5) is 0 Å². The lowest BCUT2D eigenvalue weighted by Crippen LogP contribution is -2.03. The van der Waals surface area contributed by atoms with Gasteiger partial charge < -0.3 is 19.8 Å². The molecular formula is C12H10N2O3. The number of aromatic nitrogens is 2. The molecule has 5 heteroatoms. The van der Waals surface area contributed by atoms with Gasteiger partial charge in [0.05, 0.1) is 5.52 Å². The largest absolute Gasteiger partial charge is 0.508 e. The van der Waals surface area contributed by atoms with Gasteiger partial charge in [0.2, 0.25) is 0 Å². The number of aromatic carboxylic acids is 1. The smallest absolute Gasteiger partial charge is 0.352 e. The molecule has 0 amide bonds. The third kappa shape index (κ3) is 1.22. The Morgan fingerprint density at radius 1 is 1.29 bits per heavy atom. The van der Waals surface area contributed by atoms with E-state index in [1.165, 1.54) is 0 Å². The Bertz CT molecular complexity index is 752. The number of aromatic amines is 1. The summed E-state index contributed by atoms with van der Waals surface area (Å²) < 4.78 is 1.59. The number of nitrogens with zero attached hydrogens (tertiary/aromatic N) is 1. The molecule has 0 fully saturated rings. The summed E-state index contributed by atoms with van der Waals surface area (Å²) in [5.74, 6) is -0.772. The average molecular weight is 230 g/mol. The number of hydrogen-bond acceptors (Lipinski definition) is 2. The Balaban J connectivity index is 2.45. The number of fused-ring (bicyclic) bond motifs is 3. The van der Waals surface area contributed by atoms with Crippen LogP contribution >= 0.6 is 0 Å². The second kappa shape index (κ2) is 3.04. The fourth-order valence-electron chi connectivity index (χ4n) is 2.16. The average Bonchev–Trinajstić information content (AvgIpc) is 2.76. The number of benzene rings is 1. The van der Waals surface area contributed by atoms with Crippen molar-refractivity contribution in [3.05, 3.63) is 30.0 Å². The number of carbonyl (C=O) groups is 1. The first-order chi connectivity index (χ1) is 8.08. The van der Waals surface area contributed by atoms with Gasteiger partial charge in [0, 0.05) is 23.9 Å². The molecule has 3 aromatic rings. The number of phenols is 1. The molecule has 0 unspecified atom stereocenters. The number of carboxylic acids is 1. The van der Waals surface area contributed by atoms with Gasteiger partial charge in [0.25, 0.3) is 0 Å². The molecule has 0 aliphatic rings. The molecular weight excluding hydrogens is 220 g/mol. The zero-order valence-electron chi connectivity index (χ0n) is 9.06. The van der Waals surface area contributed by atoms with Crippen molar-refractivity contribution >= 4 is 27.9 Å². The van der Waals surface area contributed by atoms with Crippen LogP contribution in [0.15, 0.2) is 24.3 Å². The Kier molecular flexibility index (Phi) is 1.75. The number of carboxylic acid groups (broad SMARTS) is 1. The molecule has 2 heterocycles. The van der Waals surface area contributed by atoms with Crippen molar-refractivity contribution in [1.82, 2.24) is 9.55 Å². The molecule has 3 N–H and O–H groups in total. The predicted molar refractivity (Wildman–Crippen MR) is 63.4 cm³/mol. The predicted octanol–water partition coefficient (Wildman–Crippen LogP) is 2.06. The molecule has 0 atom stereocenters. The van der Waals surface area contributed by atoms with Crippen molar-refractivity contribution < 1.29 is 15.0 Å². The SMILES string of the molecule is Cn1c(C(=O)O)cc2c3ccc(O)cc3[nH]c21. The Morgan fingerprint density at radius 2 is 2.06 bits per heavy atom. The maximum atomic E-state index is 11.0. The molecule has 0 aliphatic carbocycles. The third-order valence-corrected chi connectivity index (χ3v) is 3.00. The van der Waals surface area contributed by atoms with Crippen molar-refractivity contribution in [3.63, 3.8) is 0 Å². The van der Waals surface area contributed by atoms with Crippen molar-refractivity contribution in [2.75, 3.05) is 0 Å². The molecule has 0 aliphatic heterocycles. The fourth-order valence-corrected chi connectivity index (χ4v) is 2.16. The number of phenolic OH excluding ortho intramolecular Hbond substituents is 1. The van der Waals surface area contributed by atoms with Gasteiger partial charge in [-0.3, -0.25) is 0 Å². The van der Waals surface area contributed by atoms with E-state index in [9.17, 15) is 9.90 Å². The number of rotatable bonds is 1. The quantitative estimate of drug-likeness (QED) is 0.598. The van der Waals surface area contributed by atoms with Gasteiger partial charge in [0.1, 0.15) is 17.1 Å². The Morgan fingerprint density at radius 3 is 2.76 bits per heavy atom. The summed E-state index contributed by atoms with van der Waals surface area (Å²) in [6.07, 6.45) is 0. The molecule has 0 saturated heterocycles. The minimum atomic E-state index is -0.955. The van der Waals surface area contributed by atoms with E-state index in [4.69, 9.17) is 5.11 Å². The fraction of sp³-hybridized carbons (Fsp3) is 0.0833. The second-order valence-electron chi connectivity index (χ2n) is 4.01. The van der Waals surface area contributed by atoms with Gasteiger partial charge in [-0.15, -0.1) is 0 Å². The van der Waals surface area contributed by atoms with E-state index < -0.39 is 5.97 Å². The van der Waals surface area contributed by atoms with Crippen molar-refractivity contribution in [2.24, 2.45) is 7.05 Å². The van der Waals surface area contributed by atoms with E-state index in [0.29, 0.717) is 0 Å². The number of nitrogens with one attached hydrogen (secondary N) is 1. The summed E-state index contributed by atoms with van der Waals surface area (Å²) in [5.41, 5.74) is 1.77. The molecule has 3 rings (SSSR count). The second-order valence-corrected chi connectivity index (χ2v) is 4.01. The van der Waals surface area contributed by atoms with E-state index in [1.807, 2.05) is 0 Å². The standard InChI is InChI=1S/C12H10N2O3/c1-14-10(12(16)17)5-8-7-3-2-6(15)4-9(7)13-11(8)14/h2-5,13,15H,1H3,(H,16,17). The van der Waals surface area contributed by atoms with Gasteiger partial charge in [-0.2, -0.15) is 0 Å². The zero-order chi connectivity index (χ0) is 12.2. The van der Waals surface area contributed by atoms with E-state index in [2.05, 4.69) is 4.98 Å². The first-order valence-corrected chi connectivity index (χ1v) is 5.11. The molecule has 0 spiro atoms. The van der Waals surface area contributed by atoms with E-state index in [-0.39, 0.29) is 11.4 Å². The molecule has 1 aromatic carbocycles. The molecule has 0 saturated carbocycles. The summed E-state index contributed by atoms with van der Waals surface area (Å²) >= 11 is 0. The normalized spacial score (nSPS) is 11.4. The van der Waals surface area contributed by atoms with Crippen LogP contribution in [0.1, 0.15) is 10.5 Å². The molecule has 5 nitrogen and oxygen atoms in total. The van der Waals surface area contributed by atoms with Crippen LogP contribution in [0, 0.1) is 0 Å². The Hall–Kier alpha value is -2.43. The first-order valence-electron chi connectivity index (χ1n) is 5.11. The number of aryl methyl sites for hydroxylation is 1.